The third kappa shape index (κ3) is 6.29. The Kier molecular flexibility index (Phi) is 7.67. The second-order valence-electron chi connectivity index (χ2n) is 6.81. The first-order chi connectivity index (χ1) is 12.9. The van der Waals surface area contributed by atoms with Gasteiger partial charge in [-0.25, -0.2) is 4.39 Å². The number of hydrogen-bond donors (Lipinski definition) is 1. The molecule has 0 spiro atoms. The van der Waals surface area contributed by atoms with Crippen molar-refractivity contribution in [2.45, 2.75) is 32.2 Å². The number of halogens is 1. The second-order valence-corrected chi connectivity index (χ2v) is 6.81. The molecule has 1 unspecified atom stereocenters. The molecule has 0 bridgehead atoms. The van der Waals surface area contributed by atoms with Crippen molar-refractivity contribution in [1.82, 2.24) is 10.2 Å². The zero-order valence-corrected chi connectivity index (χ0v) is 16.2. The van der Waals surface area contributed by atoms with Crippen LogP contribution in [0.5, 0.6) is 0 Å². The average molecular weight is 370 g/mol. The maximum Gasteiger partial charge on any atom is 0.220 e. The molecule has 1 N–H and O–H groups in total. The quantitative estimate of drug-likeness (QED) is 0.684. The number of amides is 1. The molecule has 0 radical (unpaired) electrons. The molecule has 144 valence electrons. The summed E-state index contributed by atoms with van der Waals surface area (Å²) in [6, 6.07) is 13.7. The number of nitrogens with one attached hydrogen (secondary N) is 1. The molecule has 0 heterocycles. The van der Waals surface area contributed by atoms with E-state index in [1.165, 1.54) is 17.7 Å². The molecule has 27 heavy (non-hydrogen) atoms. The Hall–Kier alpha value is -2.53. The van der Waals surface area contributed by atoms with Gasteiger partial charge in [0.1, 0.15) is 5.82 Å². The first-order valence-electron chi connectivity index (χ1n) is 9.21. The highest BCUT2D eigenvalue weighted by molar-refractivity contribution is 5.97. The van der Waals surface area contributed by atoms with E-state index in [4.69, 9.17) is 0 Å². The lowest BCUT2D eigenvalue weighted by Gasteiger charge is -2.25. The van der Waals surface area contributed by atoms with Crippen LogP contribution in [0.1, 0.15) is 47.3 Å². The van der Waals surface area contributed by atoms with Gasteiger partial charge in [-0.05, 0) is 43.8 Å². The molecule has 1 amide bonds. The molecule has 0 aromatic heterocycles. The van der Waals surface area contributed by atoms with Crippen LogP contribution in [-0.4, -0.2) is 37.2 Å². The molecule has 2 rings (SSSR count). The van der Waals surface area contributed by atoms with Crippen LogP contribution >= 0.6 is 0 Å². The summed E-state index contributed by atoms with van der Waals surface area (Å²) in [5.41, 5.74) is 2.61. The lowest BCUT2D eigenvalue weighted by atomic mass is 10.0. The van der Waals surface area contributed by atoms with E-state index in [9.17, 15) is 14.0 Å². The number of rotatable bonds is 9. The van der Waals surface area contributed by atoms with Gasteiger partial charge in [0.25, 0.3) is 0 Å². The van der Waals surface area contributed by atoms with Crippen molar-refractivity contribution < 1.29 is 14.0 Å². The molecule has 1 atom stereocenters. The van der Waals surface area contributed by atoms with Crippen LogP contribution in [0, 0.1) is 5.82 Å². The zero-order chi connectivity index (χ0) is 19.8. The fraction of sp³-hybridized carbons (Fsp3) is 0.364. The largest absolute Gasteiger partial charge is 0.354 e. The number of likely N-dealkylation sites (N-methyl/N-ethyl adjacent to an activating group) is 1. The standard InChI is InChI=1S/C22H27FN2O2/c1-4-16-8-10-17(11-9-16)21(26)12-13-22(27)24-15-20(25(2)3)18-6-5-7-19(23)14-18/h5-11,14,20H,4,12-13,15H2,1-3H3,(H,24,27). The Labute approximate surface area is 160 Å². The smallest absolute Gasteiger partial charge is 0.220 e. The Morgan fingerprint density at radius 1 is 1.07 bits per heavy atom. The summed E-state index contributed by atoms with van der Waals surface area (Å²) in [5, 5.41) is 2.85. The van der Waals surface area contributed by atoms with Gasteiger partial charge in [-0.15, -0.1) is 0 Å². The van der Waals surface area contributed by atoms with Crippen molar-refractivity contribution in [3.63, 3.8) is 0 Å². The Bertz CT molecular complexity index is 772. The summed E-state index contributed by atoms with van der Waals surface area (Å²) in [6.45, 7) is 2.42. The molecule has 0 aliphatic carbocycles. The molecule has 0 aliphatic heterocycles. The summed E-state index contributed by atoms with van der Waals surface area (Å²) < 4.78 is 13.5. The van der Waals surface area contributed by atoms with Gasteiger partial charge >= 0.3 is 0 Å². The van der Waals surface area contributed by atoms with Crippen molar-refractivity contribution in [3.05, 3.63) is 71.0 Å². The predicted octanol–water partition coefficient (Wildman–Crippen LogP) is 3.77. The molecule has 0 aliphatic rings. The molecular weight excluding hydrogens is 343 g/mol. The van der Waals surface area contributed by atoms with E-state index < -0.39 is 0 Å². The molecule has 4 nitrogen and oxygen atoms in total. The Morgan fingerprint density at radius 3 is 2.37 bits per heavy atom. The van der Waals surface area contributed by atoms with Crippen LogP contribution in [0.25, 0.3) is 0 Å². The van der Waals surface area contributed by atoms with E-state index in [-0.39, 0.29) is 36.4 Å². The average Bonchev–Trinajstić information content (AvgIpc) is 2.66. The molecule has 5 heteroatoms. The molecule has 2 aromatic rings. The number of benzene rings is 2. The van der Waals surface area contributed by atoms with Gasteiger partial charge in [-0.2, -0.15) is 0 Å². The van der Waals surface area contributed by atoms with Crippen molar-refractivity contribution in [2.75, 3.05) is 20.6 Å². The third-order valence-electron chi connectivity index (χ3n) is 4.61. The van der Waals surface area contributed by atoms with E-state index in [2.05, 4.69) is 12.2 Å². The van der Waals surface area contributed by atoms with E-state index in [0.29, 0.717) is 12.1 Å². The number of nitrogens with zero attached hydrogens (tertiary/aromatic N) is 1. The minimum absolute atomic E-state index is 0.0397. The lowest BCUT2D eigenvalue weighted by molar-refractivity contribution is -0.121. The SMILES string of the molecule is CCc1ccc(C(=O)CCC(=O)NCC(c2cccc(F)c2)N(C)C)cc1. The van der Waals surface area contributed by atoms with Crippen LogP contribution in [-0.2, 0) is 11.2 Å². The number of hydrogen-bond acceptors (Lipinski definition) is 3. The highest BCUT2D eigenvalue weighted by atomic mass is 19.1. The molecule has 0 saturated carbocycles. The Morgan fingerprint density at radius 2 is 1.78 bits per heavy atom. The maximum absolute atomic E-state index is 13.5. The Balaban J connectivity index is 1.85. The lowest BCUT2D eigenvalue weighted by Crippen LogP contribution is -2.34. The van der Waals surface area contributed by atoms with Crippen LogP contribution in [0.3, 0.4) is 0 Å². The van der Waals surface area contributed by atoms with Crippen LogP contribution in [0.15, 0.2) is 48.5 Å². The number of carbonyl (C=O) groups is 2. The fourth-order valence-corrected chi connectivity index (χ4v) is 2.91. The summed E-state index contributed by atoms with van der Waals surface area (Å²) >= 11 is 0. The summed E-state index contributed by atoms with van der Waals surface area (Å²) in [4.78, 5) is 26.3. The number of ketones is 1. The number of carbonyl (C=O) groups excluding carboxylic acids is 2. The van der Waals surface area contributed by atoms with Crippen molar-refractivity contribution in [1.29, 1.82) is 0 Å². The highest BCUT2D eigenvalue weighted by Crippen LogP contribution is 2.18. The van der Waals surface area contributed by atoms with E-state index in [1.807, 2.05) is 49.3 Å². The molecule has 2 aromatic carbocycles. The first-order valence-corrected chi connectivity index (χ1v) is 9.21. The van der Waals surface area contributed by atoms with Crippen molar-refractivity contribution in [3.8, 4) is 0 Å². The molecule has 0 saturated heterocycles. The van der Waals surface area contributed by atoms with Gasteiger partial charge in [0.05, 0.1) is 6.04 Å². The predicted molar refractivity (Wildman–Crippen MR) is 105 cm³/mol. The summed E-state index contributed by atoms with van der Waals surface area (Å²) in [7, 11) is 3.76. The van der Waals surface area contributed by atoms with Gasteiger partial charge in [0, 0.05) is 24.9 Å². The maximum atomic E-state index is 13.5. The van der Waals surface area contributed by atoms with Crippen molar-refractivity contribution >= 4 is 11.7 Å². The van der Waals surface area contributed by atoms with E-state index in [0.717, 1.165) is 12.0 Å². The van der Waals surface area contributed by atoms with Gasteiger partial charge < -0.3 is 10.2 Å². The van der Waals surface area contributed by atoms with Gasteiger partial charge in [0.2, 0.25) is 5.91 Å². The second kappa shape index (κ2) is 9.97. The summed E-state index contributed by atoms with van der Waals surface area (Å²) in [5.74, 6) is -0.524. The monoisotopic (exact) mass is 370 g/mol. The first kappa shape index (κ1) is 20.8. The number of aryl methyl sites for hydroxylation is 1. The number of Topliss-reactive ketones (excluding diaryl/α,β-unsaturated/α-hetero) is 1. The van der Waals surface area contributed by atoms with Gasteiger partial charge in [-0.1, -0.05) is 43.3 Å². The third-order valence-corrected chi connectivity index (χ3v) is 4.61. The summed E-state index contributed by atoms with van der Waals surface area (Å²) in [6.07, 6.45) is 1.23. The zero-order valence-electron chi connectivity index (χ0n) is 16.2. The van der Waals surface area contributed by atoms with Crippen LogP contribution in [0.2, 0.25) is 0 Å². The van der Waals surface area contributed by atoms with Crippen LogP contribution in [0.4, 0.5) is 4.39 Å². The van der Waals surface area contributed by atoms with Crippen molar-refractivity contribution in [2.24, 2.45) is 0 Å². The molecule has 0 fully saturated rings. The van der Waals surface area contributed by atoms with Crippen LogP contribution < -0.4 is 5.32 Å². The van der Waals surface area contributed by atoms with E-state index >= 15 is 0 Å². The highest BCUT2D eigenvalue weighted by Gasteiger charge is 2.16. The minimum atomic E-state index is -0.301. The van der Waals surface area contributed by atoms with Gasteiger partial charge in [0.15, 0.2) is 5.78 Å². The fourth-order valence-electron chi connectivity index (χ4n) is 2.91. The topological polar surface area (TPSA) is 49.4 Å². The minimum Gasteiger partial charge on any atom is -0.354 e. The molecular formula is C22H27FN2O2. The van der Waals surface area contributed by atoms with Gasteiger partial charge in [-0.3, -0.25) is 9.59 Å². The van der Waals surface area contributed by atoms with E-state index in [1.54, 1.807) is 6.07 Å². The normalized spacial score (nSPS) is 12.0.